The fraction of sp³-hybridized carbons (Fsp3) is 0.308. The minimum atomic E-state index is -3.56. The third-order valence-corrected chi connectivity index (χ3v) is 4.71. The first-order chi connectivity index (χ1) is 9.93. The molecule has 1 heterocycles. The van der Waals surface area contributed by atoms with Gasteiger partial charge < -0.3 is 4.57 Å². The number of hydrogen-bond acceptors (Lipinski definition) is 3. The molecule has 1 N–H and O–H groups in total. The van der Waals surface area contributed by atoms with Gasteiger partial charge in [0.25, 0.3) is 0 Å². The summed E-state index contributed by atoms with van der Waals surface area (Å²) in [5.74, 6) is -0.0800. The summed E-state index contributed by atoms with van der Waals surface area (Å²) in [6.07, 6.45) is 3.28. The van der Waals surface area contributed by atoms with Gasteiger partial charge in [0.2, 0.25) is 10.0 Å². The van der Waals surface area contributed by atoms with Gasteiger partial charge in [0, 0.05) is 25.3 Å². The number of aromatic nitrogens is 2. The van der Waals surface area contributed by atoms with Gasteiger partial charge in [0.05, 0.1) is 5.75 Å². The topological polar surface area (TPSA) is 64.0 Å². The van der Waals surface area contributed by atoms with Crippen molar-refractivity contribution in [2.45, 2.75) is 6.04 Å². The lowest BCUT2D eigenvalue weighted by Crippen LogP contribution is -2.33. The highest BCUT2D eigenvalue weighted by Gasteiger charge is 2.24. The predicted octanol–water partition coefficient (Wildman–Crippen LogP) is 1.81. The SMILES string of the molecule is Cn1ccnc1C(NS(=O)(=O)CCCl)c1ccc(F)cc1. The summed E-state index contributed by atoms with van der Waals surface area (Å²) in [5, 5.41) is 0. The van der Waals surface area contributed by atoms with E-state index in [1.807, 2.05) is 0 Å². The first-order valence-electron chi connectivity index (χ1n) is 6.21. The van der Waals surface area contributed by atoms with Crippen molar-refractivity contribution in [3.05, 3.63) is 53.9 Å². The third-order valence-electron chi connectivity index (χ3n) is 2.96. The molecule has 2 aromatic rings. The summed E-state index contributed by atoms with van der Waals surface area (Å²) in [6.45, 7) is 0. The van der Waals surface area contributed by atoms with Crippen LogP contribution in [-0.4, -0.2) is 29.6 Å². The fourth-order valence-corrected chi connectivity index (χ4v) is 3.45. The Kier molecular flexibility index (Phi) is 4.97. The van der Waals surface area contributed by atoms with E-state index in [4.69, 9.17) is 11.6 Å². The maximum absolute atomic E-state index is 13.1. The van der Waals surface area contributed by atoms with Crippen LogP contribution in [0.3, 0.4) is 0 Å². The zero-order valence-electron chi connectivity index (χ0n) is 11.3. The van der Waals surface area contributed by atoms with Crippen molar-refractivity contribution in [1.82, 2.24) is 14.3 Å². The molecule has 1 atom stereocenters. The zero-order chi connectivity index (χ0) is 15.5. The van der Waals surface area contributed by atoms with Gasteiger partial charge in [0.1, 0.15) is 17.7 Å². The summed E-state index contributed by atoms with van der Waals surface area (Å²) in [5.41, 5.74) is 0.601. The van der Waals surface area contributed by atoms with E-state index in [2.05, 4.69) is 9.71 Å². The van der Waals surface area contributed by atoms with Crippen LogP contribution < -0.4 is 4.72 Å². The summed E-state index contributed by atoms with van der Waals surface area (Å²) >= 11 is 5.50. The van der Waals surface area contributed by atoms with Crippen LogP contribution in [0.2, 0.25) is 0 Å². The lowest BCUT2D eigenvalue weighted by Gasteiger charge is -2.19. The molecular weight excluding hydrogens is 317 g/mol. The molecule has 8 heteroatoms. The maximum Gasteiger partial charge on any atom is 0.213 e. The van der Waals surface area contributed by atoms with Gasteiger partial charge >= 0.3 is 0 Å². The molecule has 0 bridgehead atoms. The normalized spacial score (nSPS) is 13.3. The van der Waals surface area contributed by atoms with Gasteiger partial charge in [0.15, 0.2) is 0 Å². The van der Waals surface area contributed by atoms with Crippen LogP contribution in [0, 0.1) is 5.82 Å². The number of nitrogens with one attached hydrogen (secondary N) is 1. The van der Waals surface area contributed by atoms with Gasteiger partial charge in [-0.3, -0.25) is 0 Å². The summed E-state index contributed by atoms with van der Waals surface area (Å²) in [6, 6.07) is 4.91. The van der Waals surface area contributed by atoms with E-state index in [0.29, 0.717) is 11.4 Å². The standard InChI is InChI=1S/C13H15ClFN3O2S/c1-18-8-7-16-13(18)12(17-21(19,20)9-6-14)10-2-4-11(15)5-3-10/h2-5,7-8,12,17H,6,9H2,1H3. The minimum absolute atomic E-state index is 0.00790. The van der Waals surface area contributed by atoms with Crippen LogP contribution in [-0.2, 0) is 17.1 Å². The number of aryl methyl sites for hydroxylation is 1. The Balaban J connectivity index is 2.40. The monoisotopic (exact) mass is 331 g/mol. The van der Waals surface area contributed by atoms with E-state index in [1.165, 1.54) is 24.3 Å². The molecule has 1 unspecified atom stereocenters. The molecule has 0 saturated carbocycles. The lowest BCUT2D eigenvalue weighted by atomic mass is 10.1. The summed E-state index contributed by atoms with van der Waals surface area (Å²) in [4.78, 5) is 4.17. The van der Waals surface area contributed by atoms with Crippen LogP contribution in [0.1, 0.15) is 17.4 Å². The van der Waals surface area contributed by atoms with Crippen molar-refractivity contribution in [2.24, 2.45) is 7.05 Å². The molecule has 0 fully saturated rings. The molecule has 0 aliphatic carbocycles. The van der Waals surface area contributed by atoms with Gasteiger partial charge in [-0.1, -0.05) is 12.1 Å². The van der Waals surface area contributed by atoms with Gasteiger partial charge in [-0.2, -0.15) is 0 Å². The van der Waals surface area contributed by atoms with Crippen molar-refractivity contribution in [3.63, 3.8) is 0 Å². The number of halogens is 2. The smallest absolute Gasteiger partial charge is 0.213 e. The Hall–Kier alpha value is -1.44. The van der Waals surface area contributed by atoms with E-state index in [9.17, 15) is 12.8 Å². The second-order valence-electron chi connectivity index (χ2n) is 4.51. The molecule has 0 spiro atoms. The number of hydrogen-bond donors (Lipinski definition) is 1. The fourth-order valence-electron chi connectivity index (χ4n) is 1.92. The third kappa shape index (κ3) is 4.03. The van der Waals surface area contributed by atoms with Gasteiger partial charge in [-0.25, -0.2) is 22.5 Å². The molecular formula is C13H15ClFN3O2S. The van der Waals surface area contributed by atoms with E-state index < -0.39 is 16.1 Å². The van der Waals surface area contributed by atoms with Gasteiger partial charge in [-0.05, 0) is 17.7 Å². The summed E-state index contributed by atoms with van der Waals surface area (Å²) < 4.78 is 41.3. The average molecular weight is 332 g/mol. The van der Waals surface area contributed by atoms with Crippen molar-refractivity contribution in [3.8, 4) is 0 Å². The van der Waals surface area contributed by atoms with E-state index in [-0.39, 0.29) is 17.5 Å². The van der Waals surface area contributed by atoms with E-state index in [0.717, 1.165) is 0 Å². The molecule has 2 rings (SSSR count). The summed E-state index contributed by atoms with van der Waals surface area (Å²) in [7, 11) is -1.80. The Bertz CT molecular complexity index is 700. The van der Waals surface area contributed by atoms with Crippen LogP contribution in [0.4, 0.5) is 4.39 Å². The molecule has 1 aromatic heterocycles. The van der Waals surface area contributed by atoms with Crippen molar-refractivity contribution < 1.29 is 12.8 Å². The Morgan fingerprint density at radius 1 is 1.38 bits per heavy atom. The molecule has 0 aliphatic heterocycles. The molecule has 0 saturated heterocycles. The highest BCUT2D eigenvalue weighted by molar-refractivity contribution is 7.89. The van der Waals surface area contributed by atoms with Crippen LogP contribution in [0.25, 0.3) is 0 Å². The van der Waals surface area contributed by atoms with Crippen molar-refractivity contribution in [2.75, 3.05) is 11.6 Å². The predicted molar refractivity (Wildman–Crippen MR) is 79.1 cm³/mol. The van der Waals surface area contributed by atoms with E-state index >= 15 is 0 Å². The van der Waals surface area contributed by atoms with Crippen LogP contribution >= 0.6 is 11.6 Å². The van der Waals surface area contributed by atoms with Crippen LogP contribution in [0.15, 0.2) is 36.7 Å². The quantitative estimate of drug-likeness (QED) is 0.821. The van der Waals surface area contributed by atoms with Crippen LogP contribution in [0.5, 0.6) is 0 Å². The number of nitrogens with zero attached hydrogens (tertiary/aromatic N) is 2. The first-order valence-corrected chi connectivity index (χ1v) is 8.40. The van der Waals surface area contributed by atoms with Crippen molar-refractivity contribution in [1.29, 1.82) is 0 Å². The molecule has 1 aromatic carbocycles. The highest BCUT2D eigenvalue weighted by atomic mass is 35.5. The molecule has 0 aliphatic rings. The Morgan fingerprint density at radius 3 is 2.57 bits per heavy atom. The zero-order valence-corrected chi connectivity index (χ0v) is 12.9. The number of rotatable bonds is 6. The Morgan fingerprint density at radius 2 is 2.05 bits per heavy atom. The highest BCUT2D eigenvalue weighted by Crippen LogP contribution is 2.21. The van der Waals surface area contributed by atoms with E-state index in [1.54, 1.807) is 24.0 Å². The average Bonchev–Trinajstić information content (AvgIpc) is 2.83. The molecule has 114 valence electrons. The number of benzene rings is 1. The second kappa shape index (κ2) is 6.55. The largest absolute Gasteiger partial charge is 0.336 e. The maximum atomic E-state index is 13.1. The van der Waals surface area contributed by atoms with Crippen molar-refractivity contribution >= 4 is 21.6 Å². The first kappa shape index (κ1) is 15.9. The number of imidazole rings is 1. The molecule has 21 heavy (non-hydrogen) atoms. The van der Waals surface area contributed by atoms with Gasteiger partial charge in [-0.15, -0.1) is 11.6 Å². The lowest BCUT2D eigenvalue weighted by molar-refractivity contribution is 0.563. The Labute approximate surface area is 127 Å². The molecule has 0 amide bonds. The minimum Gasteiger partial charge on any atom is -0.336 e. The molecule has 0 radical (unpaired) electrons. The number of sulfonamides is 1. The number of alkyl halides is 1. The second-order valence-corrected chi connectivity index (χ2v) is 6.76. The molecule has 5 nitrogen and oxygen atoms in total.